The largest absolute Gasteiger partial charge is 0.491 e. The highest BCUT2D eigenvalue weighted by Gasteiger charge is 2.28. The molecule has 5 heteroatoms. The van der Waals surface area contributed by atoms with Crippen LogP contribution >= 0.6 is 0 Å². The summed E-state index contributed by atoms with van der Waals surface area (Å²) in [6.45, 7) is 6.98. The third-order valence-electron chi connectivity index (χ3n) is 5.79. The predicted molar refractivity (Wildman–Crippen MR) is 101 cm³/mol. The summed E-state index contributed by atoms with van der Waals surface area (Å²) in [5.41, 5.74) is 0.358. The fraction of sp³-hybridized carbons (Fsp3) is 0.636. The van der Waals surface area contributed by atoms with Gasteiger partial charge in [0.25, 0.3) is 0 Å². The zero-order valence-corrected chi connectivity index (χ0v) is 16.1. The summed E-state index contributed by atoms with van der Waals surface area (Å²) in [7, 11) is 0. The van der Waals surface area contributed by atoms with Crippen LogP contribution in [0.15, 0.2) is 24.8 Å². The number of halogens is 2. The molecule has 1 aromatic rings. The molecule has 1 aromatic carbocycles. The van der Waals surface area contributed by atoms with Crippen molar-refractivity contribution in [3.63, 3.8) is 0 Å². The van der Waals surface area contributed by atoms with Crippen molar-refractivity contribution in [1.82, 2.24) is 0 Å². The van der Waals surface area contributed by atoms with Gasteiger partial charge in [0.15, 0.2) is 17.9 Å². The minimum Gasteiger partial charge on any atom is -0.491 e. The first-order valence-corrected chi connectivity index (χ1v) is 10.1. The average Bonchev–Trinajstić information content (AvgIpc) is 2.71. The molecule has 0 spiro atoms. The molecule has 0 bridgehead atoms. The van der Waals surface area contributed by atoms with Gasteiger partial charge in [0, 0.05) is 5.92 Å². The Kier molecular flexibility index (Phi) is 7.25. The van der Waals surface area contributed by atoms with Gasteiger partial charge in [-0.25, -0.2) is 4.39 Å². The van der Waals surface area contributed by atoms with E-state index >= 15 is 0 Å². The first-order valence-electron chi connectivity index (χ1n) is 10.1. The molecule has 0 radical (unpaired) electrons. The highest BCUT2D eigenvalue weighted by Crippen LogP contribution is 2.34. The summed E-state index contributed by atoms with van der Waals surface area (Å²) >= 11 is 0. The smallest absolute Gasteiger partial charge is 0.200 e. The lowest BCUT2D eigenvalue weighted by atomic mass is 9.82. The fourth-order valence-corrected chi connectivity index (χ4v) is 4.07. The van der Waals surface area contributed by atoms with Gasteiger partial charge in [0.1, 0.15) is 0 Å². The number of hydrogen-bond acceptors (Lipinski definition) is 3. The molecule has 2 unspecified atom stereocenters. The Morgan fingerprint density at radius 2 is 1.89 bits per heavy atom. The van der Waals surface area contributed by atoms with Crippen molar-refractivity contribution in [2.45, 2.75) is 57.7 Å². The maximum Gasteiger partial charge on any atom is 0.200 e. The second kappa shape index (κ2) is 9.65. The van der Waals surface area contributed by atoms with Crippen LogP contribution < -0.4 is 4.74 Å². The van der Waals surface area contributed by atoms with Crippen molar-refractivity contribution < 1.29 is 23.0 Å². The van der Waals surface area contributed by atoms with Crippen molar-refractivity contribution in [1.29, 1.82) is 0 Å². The van der Waals surface area contributed by atoms with Crippen LogP contribution in [0.1, 0.15) is 56.9 Å². The van der Waals surface area contributed by atoms with E-state index in [0.29, 0.717) is 43.6 Å². The normalized spacial score (nSPS) is 28.7. The lowest BCUT2D eigenvalue weighted by Gasteiger charge is -2.32. The summed E-state index contributed by atoms with van der Waals surface area (Å²) in [5.74, 6) is -0.700. The molecule has 2 aliphatic rings. The van der Waals surface area contributed by atoms with Gasteiger partial charge < -0.3 is 14.2 Å². The van der Waals surface area contributed by atoms with Gasteiger partial charge in [-0.2, -0.15) is 4.39 Å². The molecule has 3 nitrogen and oxygen atoms in total. The van der Waals surface area contributed by atoms with Gasteiger partial charge in [0.2, 0.25) is 5.82 Å². The second-order valence-electron chi connectivity index (χ2n) is 7.60. The Balaban J connectivity index is 1.46. The zero-order chi connectivity index (χ0) is 19.2. The molecule has 1 heterocycles. The van der Waals surface area contributed by atoms with Gasteiger partial charge in [-0.1, -0.05) is 12.1 Å². The van der Waals surface area contributed by atoms with Gasteiger partial charge in [-0.05, 0) is 68.9 Å². The predicted octanol–water partition coefficient (Wildman–Crippen LogP) is 5.59. The summed E-state index contributed by atoms with van der Waals surface area (Å²) < 4.78 is 45.3. The molecule has 2 fully saturated rings. The Hall–Kier alpha value is -1.46. The van der Waals surface area contributed by atoms with E-state index in [1.807, 2.05) is 0 Å². The summed E-state index contributed by atoms with van der Waals surface area (Å²) in [4.78, 5) is 0. The van der Waals surface area contributed by atoms with E-state index in [4.69, 9.17) is 14.2 Å². The highest BCUT2D eigenvalue weighted by atomic mass is 19.2. The number of benzene rings is 1. The molecule has 1 saturated heterocycles. The lowest BCUT2D eigenvalue weighted by Crippen LogP contribution is -2.30. The maximum absolute atomic E-state index is 14.4. The van der Waals surface area contributed by atoms with E-state index < -0.39 is 11.6 Å². The second-order valence-corrected chi connectivity index (χ2v) is 7.60. The SMILES string of the molecule is C=CC1CCC(COC2CCC(c3ccc(OCC)c(F)c3F)CO2)CC1. The highest BCUT2D eigenvalue weighted by molar-refractivity contribution is 5.33. The monoisotopic (exact) mass is 380 g/mol. The molecule has 2 atom stereocenters. The van der Waals surface area contributed by atoms with Gasteiger partial charge >= 0.3 is 0 Å². The van der Waals surface area contributed by atoms with Crippen LogP contribution in [0.3, 0.4) is 0 Å². The number of allylic oxidation sites excluding steroid dienone is 1. The van der Waals surface area contributed by atoms with E-state index in [-0.39, 0.29) is 18.0 Å². The van der Waals surface area contributed by atoms with Crippen LogP contribution in [0.2, 0.25) is 0 Å². The first-order chi connectivity index (χ1) is 13.1. The zero-order valence-electron chi connectivity index (χ0n) is 16.1. The van der Waals surface area contributed by atoms with E-state index in [2.05, 4.69) is 12.7 Å². The molecule has 0 amide bonds. The van der Waals surface area contributed by atoms with Crippen LogP contribution in [0.25, 0.3) is 0 Å². The molecule has 1 aliphatic heterocycles. The van der Waals surface area contributed by atoms with Crippen molar-refractivity contribution in [2.75, 3.05) is 19.8 Å². The number of rotatable bonds is 7. The number of hydrogen-bond donors (Lipinski definition) is 0. The summed E-state index contributed by atoms with van der Waals surface area (Å²) in [5, 5.41) is 0. The van der Waals surface area contributed by atoms with Crippen LogP contribution in [0.4, 0.5) is 8.78 Å². The van der Waals surface area contributed by atoms with Crippen LogP contribution in [0.5, 0.6) is 5.75 Å². The van der Waals surface area contributed by atoms with Gasteiger partial charge in [-0.15, -0.1) is 6.58 Å². The molecule has 1 aliphatic carbocycles. The minimum atomic E-state index is -0.914. The van der Waals surface area contributed by atoms with Crippen molar-refractivity contribution >= 4 is 0 Å². The molecule has 0 N–H and O–H groups in total. The van der Waals surface area contributed by atoms with Crippen LogP contribution in [-0.4, -0.2) is 26.1 Å². The summed E-state index contributed by atoms with van der Waals surface area (Å²) in [6, 6.07) is 3.11. The third kappa shape index (κ3) is 5.08. The quantitative estimate of drug-likeness (QED) is 0.577. The molecule has 150 valence electrons. The van der Waals surface area contributed by atoms with E-state index in [1.165, 1.54) is 31.7 Å². The lowest BCUT2D eigenvalue weighted by molar-refractivity contribution is -0.175. The fourth-order valence-electron chi connectivity index (χ4n) is 4.07. The van der Waals surface area contributed by atoms with E-state index in [1.54, 1.807) is 13.0 Å². The van der Waals surface area contributed by atoms with Crippen LogP contribution in [-0.2, 0) is 9.47 Å². The number of ether oxygens (including phenoxy) is 3. The Labute approximate surface area is 160 Å². The Morgan fingerprint density at radius 1 is 1.11 bits per heavy atom. The molecule has 0 aromatic heterocycles. The molecule has 3 rings (SSSR count). The first kappa shape index (κ1) is 20.3. The third-order valence-corrected chi connectivity index (χ3v) is 5.79. The Bertz CT molecular complexity index is 618. The Morgan fingerprint density at radius 3 is 2.52 bits per heavy atom. The maximum atomic E-state index is 14.4. The van der Waals surface area contributed by atoms with Crippen molar-refractivity contribution in [3.8, 4) is 5.75 Å². The standard InChI is InChI=1S/C22H30F2O3/c1-3-15-5-7-16(8-6-15)13-26-20-12-9-17(14-27-20)18-10-11-19(25-4-2)22(24)21(18)23/h3,10-11,15-17,20H,1,4-9,12-14H2,2H3. The van der Waals surface area contributed by atoms with Gasteiger partial charge in [-0.3, -0.25) is 0 Å². The summed E-state index contributed by atoms with van der Waals surface area (Å²) in [6.07, 6.45) is 7.95. The molecule has 1 saturated carbocycles. The van der Waals surface area contributed by atoms with Crippen LogP contribution in [0, 0.1) is 23.5 Å². The van der Waals surface area contributed by atoms with E-state index in [9.17, 15) is 8.78 Å². The van der Waals surface area contributed by atoms with E-state index in [0.717, 1.165) is 6.42 Å². The van der Waals surface area contributed by atoms with Crippen molar-refractivity contribution in [2.24, 2.45) is 11.8 Å². The average molecular weight is 380 g/mol. The molecular weight excluding hydrogens is 350 g/mol. The van der Waals surface area contributed by atoms with Gasteiger partial charge in [0.05, 0.1) is 19.8 Å². The van der Waals surface area contributed by atoms with Crippen molar-refractivity contribution in [3.05, 3.63) is 42.0 Å². The molecular formula is C22H30F2O3. The minimum absolute atomic E-state index is 0.0390. The topological polar surface area (TPSA) is 27.7 Å². The molecule has 27 heavy (non-hydrogen) atoms.